The Kier molecular flexibility index (Phi) is 17.2. The highest BCUT2D eigenvalue weighted by molar-refractivity contribution is 4.95. The van der Waals surface area contributed by atoms with E-state index in [1.165, 1.54) is 89.9 Å². The molecular weight excluding hydrogens is 256 g/mol. The highest BCUT2D eigenvalue weighted by Crippen LogP contribution is 2.15. The van der Waals surface area contributed by atoms with E-state index >= 15 is 0 Å². The standard InChI is InChI=1S/C20H39O/c1-3-5-6-7-8-9-10-11-12-13-14-15-16-17-18-20(4-2)19-21/h19H,3-18H2,1-2H3. The first kappa shape index (κ1) is 20.5. The Hall–Kier alpha value is -0.460. The topological polar surface area (TPSA) is 19.9 Å². The molecular formula is C20H39O. The number of allylic oxidation sites excluding steroid dienone is 1. The first-order valence-corrected chi connectivity index (χ1v) is 9.65. The summed E-state index contributed by atoms with van der Waals surface area (Å²) in [6.45, 7) is 4.36. The summed E-state index contributed by atoms with van der Waals surface area (Å²) in [7, 11) is 0. The Labute approximate surface area is 134 Å². The molecule has 0 atom stereocenters. The molecule has 0 unspecified atom stereocenters. The minimum absolute atomic E-state index is 0.932. The van der Waals surface area contributed by atoms with Gasteiger partial charge in [-0.05, 0) is 24.8 Å². The van der Waals surface area contributed by atoms with Gasteiger partial charge in [0.1, 0.15) is 6.26 Å². The minimum Gasteiger partial charge on any atom is -0.299 e. The van der Waals surface area contributed by atoms with Crippen LogP contribution in [0.1, 0.15) is 117 Å². The lowest BCUT2D eigenvalue weighted by Gasteiger charge is -2.04. The fraction of sp³-hybridized carbons (Fsp3) is 0.900. The second-order valence-electron chi connectivity index (χ2n) is 6.48. The molecule has 0 aromatic carbocycles. The van der Waals surface area contributed by atoms with Crippen LogP contribution in [-0.2, 0) is 5.11 Å². The predicted molar refractivity (Wildman–Crippen MR) is 94.0 cm³/mol. The molecule has 1 heteroatoms. The van der Waals surface area contributed by atoms with E-state index in [9.17, 15) is 5.11 Å². The lowest BCUT2D eigenvalue weighted by atomic mass is 10.0. The molecule has 0 N–H and O–H groups in total. The Balaban J connectivity index is 3.06. The third kappa shape index (κ3) is 15.7. The van der Waals surface area contributed by atoms with Crippen LogP contribution in [0.3, 0.4) is 0 Å². The van der Waals surface area contributed by atoms with Gasteiger partial charge in [-0.2, -0.15) is 0 Å². The van der Waals surface area contributed by atoms with Gasteiger partial charge in [0.15, 0.2) is 0 Å². The molecule has 0 spiro atoms. The smallest absolute Gasteiger partial charge is 0.142 e. The molecule has 0 aromatic heterocycles. The Bertz CT molecular complexity index is 220. The van der Waals surface area contributed by atoms with Crippen LogP contribution in [0.15, 0.2) is 11.8 Å². The summed E-state index contributed by atoms with van der Waals surface area (Å²) in [5.41, 5.74) is 1.09. The zero-order chi connectivity index (χ0) is 15.6. The van der Waals surface area contributed by atoms with Crippen LogP contribution in [0, 0.1) is 0 Å². The maximum Gasteiger partial charge on any atom is 0.142 e. The van der Waals surface area contributed by atoms with Gasteiger partial charge in [0.25, 0.3) is 0 Å². The van der Waals surface area contributed by atoms with E-state index in [4.69, 9.17) is 0 Å². The van der Waals surface area contributed by atoms with E-state index in [-0.39, 0.29) is 0 Å². The molecule has 0 aliphatic rings. The summed E-state index contributed by atoms with van der Waals surface area (Å²) >= 11 is 0. The molecule has 0 heterocycles. The highest BCUT2D eigenvalue weighted by atomic mass is 16.2. The minimum atomic E-state index is 0.932. The predicted octanol–water partition coefficient (Wildman–Crippen LogP) is 7.58. The van der Waals surface area contributed by atoms with E-state index in [2.05, 4.69) is 13.8 Å². The van der Waals surface area contributed by atoms with Gasteiger partial charge >= 0.3 is 0 Å². The molecule has 0 fully saturated rings. The number of hydrogen-bond acceptors (Lipinski definition) is 0. The normalized spacial score (nSPS) is 12.0. The average Bonchev–Trinajstić information content (AvgIpc) is 2.51. The number of unbranched alkanes of at least 4 members (excludes halogenated alkanes) is 13. The van der Waals surface area contributed by atoms with Crippen LogP contribution in [0.5, 0.6) is 0 Å². The third-order valence-corrected chi connectivity index (χ3v) is 4.47. The zero-order valence-corrected chi connectivity index (χ0v) is 14.8. The highest BCUT2D eigenvalue weighted by Gasteiger charge is 1.96. The summed E-state index contributed by atoms with van der Waals surface area (Å²) in [6.07, 6.45) is 22.6. The molecule has 0 aliphatic heterocycles. The van der Waals surface area contributed by atoms with Crippen LogP contribution in [-0.4, -0.2) is 0 Å². The lowest BCUT2D eigenvalue weighted by molar-refractivity contribution is 0.343. The van der Waals surface area contributed by atoms with Crippen molar-refractivity contribution in [2.24, 2.45) is 0 Å². The van der Waals surface area contributed by atoms with Crippen molar-refractivity contribution >= 4 is 0 Å². The molecule has 0 aliphatic carbocycles. The largest absolute Gasteiger partial charge is 0.299 e. The van der Waals surface area contributed by atoms with Gasteiger partial charge in [0, 0.05) is 0 Å². The van der Waals surface area contributed by atoms with E-state index < -0.39 is 0 Å². The molecule has 0 bridgehead atoms. The summed E-state index contributed by atoms with van der Waals surface area (Å²) in [5, 5.41) is 10.7. The average molecular weight is 296 g/mol. The Morgan fingerprint density at radius 3 is 1.33 bits per heavy atom. The molecule has 0 rings (SSSR count). The van der Waals surface area contributed by atoms with Crippen molar-refractivity contribution in [2.75, 3.05) is 0 Å². The molecule has 0 saturated carbocycles. The van der Waals surface area contributed by atoms with Crippen LogP contribution < -0.4 is 0 Å². The van der Waals surface area contributed by atoms with E-state index in [1.807, 2.05) is 0 Å². The third-order valence-electron chi connectivity index (χ3n) is 4.47. The molecule has 1 nitrogen and oxygen atoms in total. The zero-order valence-electron chi connectivity index (χ0n) is 14.8. The quantitative estimate of drug-likeness (QED) is 0.206. The van der Waals surface area contributed by atoms with Gasteiger partial charge in [0.05, 0.1) is 0 Å². The van der Waals surface area contributed by atoms with Gasteiger partial charge in [-0.1, -0.05) is 97.3 Å². The number of hydrogen-bond donors (Lipinski definition) is 0. The Morgan fingerprint density at radius 1 is 0.619 bits per heavy atom. The molecule has 0 aromatic rings. The van der Waals surface area contributed by atoms with Crippen molar-refractivity contribution in [1.82, 2.24) is 0 Å². The van der Waals surface area contributed by atoms with Crippen molar-refractivity contribution in [2.45, 2.75) is 117 Å². The van der Waals surface area contributed by atoms with E-state index in [1.54, 1.807) is 0 Å². The Morgan fingerprint density at radius 2 is 1.00 bits per heavy atom. The first-order valence-electron chi connectivity index (χ1n) is 9.65. The maximum atomic E-state index is 10.7. The second kappa shape index (κ2) is 17.6. The van der Waals surface area contributed by atoms with E-state index in [0.717, 1.165) is 24.7 Å². The van der Waals surface area contributed by atoms with E-state index in [0.29, 0.717) is 0 Å². The molecule has 0 amide bonds. The van der Waals surface area contributed by atoms with Crippen molar-refractivity contribution in [1.29, 1.82) is 0 Å². The van der Waals surface area contributed by atoms with Crippen molar-refractivity contribution in [3.63, 3.8) is 0 Å². The van der Waals surface area contributed by atoms with Gasteiger partial charge in [-0.3, -0.25) is 5.11 Å². The summed E-state index contributed by atoms with van der Waals surface area (Å²) in [4.78, 5) is 0. The summed E-state index contributed by atoms with van der Waals surface area (Å²) < 4.78 is 0. The van der Waals surface area contributed by atoms with Crippen LogP contribution in [0.25, 0.3) is 0 Å². The van der Waals surface area contributed by atoms with Gasteiger partial charge in [-0.15, -0.1) is 0 Å². The SMILES string of the molecule is CCCCCCCCCCCCCCCCC(=C[O])CC. The van der Waals surface area contributed by atoms with Crippen molar-refractivity contribution in [3.8, 4) is 0 Å². The molecule has 0 saturated heterocycles. The monoisotopic (exact) mass is 295 g/mol. The van der Waals surface area contributed by atoms with Crippen LogP contribution >= 0.6 is 0 Å². The fourth-order valence-corrected chi connectivity index (χ4v) is 2.87. The second-order valence-corrected chi connectivity index (χ2v) is 6.48. The fourth-order valence-electron chi connectivity index (χ4n) is 2.87. The molecule has 125 valence electrons. The number of rotatable bonds is 16. The van der Waals surface area contributed by atoms with Crippen LogP contribution in [0.4, 0.5) is 0 Å². The van der Waals surface area contributed by atoms with Crippen molar-refractivity contribution < 1.29 is 5.11 Å². The summed E-state index contributed by atoms with van der Waals surface area (Å²) in [5.74, 6) is 0. The maximum absolute atomic E-state index is 10.7. The van der Waals surface area contributed by atoms with Gasteiger partial charge in [0.2, 0.25) is 0 Å². The van der Waals surface area contributed by atoms with Gasteiger partial charge in [-0.25, -0.2) is 0 Å². The summed E-state index contributed by atoms with van der Waals surface area (Å²) in [6, 6.07) is 0. The first-order chi connectivity index (χ1) is 10.3. The molecule has 21 heavy (non-hydrogen) atoms. The van der Waals surface area contributed by atoms with Gasteiger partial charge < -0.3 is 0 Å². The molecule has 1 radical (unpaired) electrons. The van der Waals surface area contributed by atoms with Crippen molar-refractivity contribution in [3.05, 3.63) is 11.8 Å². The van der Waals surface area contributed by atoms with Crippen LogP contribution in [0.2, 0.25) is 0 Å². The lowest BCUT2D eigenvalue weighted by Crippen LogP contribution is -1.85.